The Morgan fingerprint density at radius 3 is 1.48 bits per heavy atom. The number of ether oxygens (including phenoxy) is 2. The van der Waals surface area contributed by atoms with E-state index in [1.165, 1.54) is 11.1 Å². The average molecular weight is 304 g/mol. The molecule has 2 rings (SSSR count). The van der Waals surface area contributed by atoms with Crippen LogP contribution in [0.1, 0.15) is 11.1 Å². The molecule has 0 heterocycles. The fourth-order valence-corrected chi connectivity index (χ4v) is 5.56. The number of hydrogen-bond donors (Lipinski definition) is 0. The van der Waals surface area contributed by atoms with Crippen LogP contribution in [0.15, 0.2) is 48.5 Å². The molecule has 0 amide bonds. The summed E-state index contributed by atoms with van der Waals surface area (Å²) >= 11 is 0. The van der Waals surface area contributed by atoms with Gasteiger partial charge in [0, 0.05) is 0 Å². The fourth-order valence-electron chi connectivity index (χ4n) is 2.79. The molecule has 2 aromatic rings. The third kappa shape index (κ3) is 4.22. The Balaban J connectivity index is 2.18. The van der Waals surface area contributed by atoms with Gasteiger partial charge in [-0.3, -0.25) is 0 Å². The summed E-state index contributed by atoms with van der Waals surface area (Å²) in [4.78, 5) is 0. The first-order valence-electron chi connectivity index (χ1n) is 7.29. The Bertz CT molecular complexity index is 542. The summed E-state index contributed by atoms with van der Waals surface area (Å²) in [5.74, 6) is 2.00. The first-order chi connectivity index (χ1) is 10.1. The summed E-state index contributed by atoms with van der Waals surface area (Å²) in [5.41, 5.74) is 2.62. The standard InChI is InChI=1S/C18H25O2P/c1-19-17-11-7-5-9-15(17)13-21(3,4)14-16-10-6-8-12-18(16)20-2/h5-12,21H,13-14H2,1-4H3. The Kier molecular flexibility index (Phi) is 5.25. The summed E-state index contributed by atoms with van der Waals surface area (Å²) in [5, 5.41) is 0. The number of hydrogen-bond acceptors (Lipinski definition) is 2. The average Bonchev–Trinajstić information content (AvgIpc) is 2.47. The van der Waals surface area contributed by atoms with Crippen molar-refractivity contribution in [3.05, 3.63) is 59.7 Å². The minimum atomic E-state index is -1.44. The molecule has 3 heteroatoms. The van der Waals surface area contributed by atoms with Gasteiger partial charge in [-0.15, -0.1) is 0 Å². The summed E-state index contributed by atoms with van der Waals surface area (Å²) < 4.78 is 11.0. The van der Waals surface area contributed by atoms with E-state index in [1.54, 1.807) is 14.2 Å². The van der Waals surface area contributed by atoms with Gasteiger partial charge in [-0.1, -0.05) is 0 Å². The van der Waals surface area contributed by atoms with Gasteiger partial charge in [0.1, 0.15) is 0 Å². The molecule has 0 aliphatic rings. The predicted octanol–water partition coefficient (Wildman–Crippen LogP) is 4.41. The van der Waals surface area contributed by atoms with Gasteiger partial charge in [-0.25, -0.2) is 0 Å². The van der Waals surface area contributed by atoms with Gasteiger partial charge in [0.05, 0.1) is 0 Å². The van der Waals surface area contributed by atoms with Crippen LogP contribution in [0.4, 0.5) is 0 Å². The monoisotopic (exact) mass is 304 g/mol. The third-order valence-electron chi connectivity index (χ3n) is 3.72. The van der Waals surface area contributed by atoms with Crippen molar-refractivity contribution < 1.29 is 9.47 Å². The van der Waals surface area contributed by atoms with Crippen LogP contribution in [0, 0.1) is 0 Å². The van der Waals surface area contributed by atoms with Gasteiger partial charge in [0.2, 0.25) is 0 Å². The van der Waals surface area contributed by atoms with Crippen LogP contribution >= 0.6 is 7.26 Å². The molecule has 0 aliphatic carbocycles. The van der Waals surface area contributed by atoms with E-state index in [4.69, 9.17) is 9.47 Å². The predicted molar refractivity (Wildman–Crippen MR) is 93.6 cm³/mol. The van der Waals surface area contributed by atoms with Crippen LogP contribution in [0.5, 0.6) is 11.5 Å². The van der Waals surface area contributed by atoms with Crippen molar-refractivity contribution in [3.63, 3.8) is 0 Å². The van der Waals surface area contributed by atoms with E-state index in [0.29, 0.717) is 0 Å². The quantitative estimate of drug-likeness (QED) is 0.736. The molecule has 0 N–H and O–H groups in total. The Morgan fingerprint density at radius 2 is 1.10 bits per heavy atom. The van der Waals surface area contributed by atoms with Crippen LogP contribution in [0.25, 0.3) is 0 Å². The number of para-hydroxylation sites is 2. The van der Waals surface area contributed by atoms with Crippen LogP contribution in [0.2, 0.25) is 0 Å². The second-order valence-corrected chi connectivity index (χ2v) is 11.2. The molecule has 114 valence electrons. The van der Waals surface area contributed by atoms with Gasteiger partial charge in [-0.05, 0) is 0 Å². The van der Waals surface area contributed by atoms with Gasteiger partial charge >= 0.3 is 128 Å². The maximum absolute atomic E-state index is 5.48. The van der Waals surface area contributed by atoms with Gasteiger partial charge in [0.25, 0.3) is 0 Å². The van der Waals surface area contributed by atoms with Crippen molar-refractivity contribution in [3.8, 4) is 11.5 Å². The number of rotatable bonds is 6. The van der Waals surface area contributed by atoms with E-state index in [0.717, 1.165) is 23.8 Å². The van der Waals surface area contributed by atoms with Crippen LogP contribution in [-0.4, -0.2) is 27.5 Å². The van der Waals surface area contributed by atoms with E-state index in [2.05, 4.69) is 37.6 Å². The molecule has 0 bridgehead atoms. The van der Waals surface area contributed by atoms with Crippen molar-refractivity contribution >= 4 is 7.26 Å². The van der Waals surface area contributed by atoms with E-state index >= 15 is 0 Å². The van der Waals surface area contributed by atoms with Gasteiger partial charge in [-0.2, -0.15) is 0 Å². The molecule has 0 spiro atoms. The first kappa shape index (κ1) is 15.9. The van der Waals surface area contributed by atoms with Crippen molar-refractivity contribution in [2.45, 2.75) is 12.3 Å². The molecule has 0 fully saturated rings. The molecule has 0 unspecified atom stereocenters. The molecule has 0 atom stereocenters. The van der Waals surface area contributed by atoms with Crippen LogP contribution < -0.4 is 9.47 Å². The normalized spacial score (nSPS) is 12.0. The van der Waals surface area contributed by atoms with E-state index in [1.807, 2.05) is 24.3 Å². The van der Waals surface area contributed by atoms with Crippen molar-refractivity contribution in [1.82, 2.24) is 0 Å². The SMILES string of the molecule is COc1ccccc1C[PH](C)(C)Cc1ccccc1OC. The Morgan fingerprint density at radius 1 is 0.714 bits per heavy atom. The Hall–Kier alpha value is -1.53. The molecular weight excluding hydrogens is 279 g/mol. The van der Waals surface area contributed by atoms with E-state index in [-0.39, 0.29) is 0 Å². The molecule has 0 saturated heterocycles. The van der Waals surface area contributed by atoms with E-state index < -0.39 is 7.26 Å². The molecular formula is C18H25O2P. The van der Waals surface area contributed by atoms with E-state index in [9.17, 15) is 0 Å². The zero-order chi connectivity index (χ0) is 15.3. The zero-order valence-electron chi connectivity index (χ0n) is 13.3. The number of methoxy groups -OCH3 is 2. The van der Waals surface area contributed by atoms with Crippen molar-refractivity contribution in [2.24, 2.45) is 0 Å². The first-order valence-corrected chi connectivity index (χ1v) is 10.7. The number of benzene rings is 2. The minimum absolute atomic E-state index is 0.998. The summed E-state index contributed by atoms with van der Waals surface area (Å²) in [7, 11) is 2.05. The zero-order valence-corrected chi connectivity index (χ0v) is 14.3. The Labute approximate surface area is 128 Å². The molecule has 0 aromatic heterocycles. The second-order valence-electron chi connectivity index (χ2n) is 6.14. The van der Waals surface area contributed by atoms with Crippen molar-refractivity contribution in [2.75, 3.05) is 27.5 Å². The third-order valence-corrected chi connectivity index (χ3v) is 6.40. The van der Waals surface area contributed by atoms with Crippen molar-refractivity contribution in [1.29, 1.82) is 0 Å². The molecule has 2 nitrogen and oxygen atoms in total. The summed E-state index contributed by atoms with van der Waals surface area (Å²) in [6, 6.07) is 16.7. The molecule has 0 aliphatic heterocycles. The van der Waals surface area contributed by atoms with Crippen LogP contribution in [-0.2, 0) is 12.3 Å². The molecule has 0 radical (unpaired) electrons. The molecule has 2 aromatic carbocycles. The fraction of sp³-hybridized carbons (Fsp3) is 0.333. The summed E-state index contributed by atoms with van der Waals surface area (Å²) in [6.45, 7) is 4.84. The van der Waals surface area contributed by atoms with Gasteiger partial charge < -0.3 is 0 Å². The molecule has 21 heavy (non-hydrogen) atoms. The second kappa shape index (κ2) is 6.95. The molecule has 0 saturated carbocycles. The summed E-state index contributed by atoms with van der Waals surface area (Å²) in [6.07, 6.45) is 2.21. The topological polar surface area (TPSA) is 18.5 Å². The van der Waals surface area contributed by atoms with Gasteiger partial charge in [0.15, 0.2) is 0 Å². The maximum atomic E-state index is 5.48. The van der Waals surface area contributed by atoms with Crippen LogP contribution in [0.3, 0.4) is 0 Å².